The molecule has 3 rings (SSSR count). The van der Waals surface area contributed by atoms with Crippen molar-refractivity contribution in [1.29, 1.82) is 0 Å². The number of nitrogens with one attached hydrogen (secondary N) is 3. The summed E-state index contributed by atoms with van der Waals surface area (Å²) < 4.78 is 6.65. The van der Waals surface area contributed by atoms with Gasteiger partial charge in [-0.2, -0.15) is 5.10 Å². The summed E-state index contributed by atoms with van der Waals surface area (Å²) in [5.74, 6) is 0.108. The highest BCUT2D eigenvalue weighted by atomic mass is 16.5. The second-order valence-electron chi connectivity index (χ2n) is 7.75. The molecule has 1 atom stereocenters. The first-order valence-corrected chi connectivity index (χ1v) is 10.5. The summed E-state index contributed by atoms with van der Waals surface area (Å²) in [5, 5.41) is 12.7. The molecule has 9 nitrogen and oxygen atoms in total. The SMILES string of the molecule is COc1ccc(C(CC(=O)Nc2cnn(CC(=O)NC3CCCC3)c2)NC(C)=O)cc1. The molecule has 0 bridgehead atoms. The summed E-state index contributed by atoms with van der Waals surface area (Å²) in [6.07, 6.45) is 7.52. The molecule has 1 saturated carbocycles. The molecule has 1 aromatic carbocycles. The maximum absolute atomic E-state index is 12.6. The van der Waals surface area contributed by atoms with Crippen molar-refractivity contribution in [3.8, 4) is 5.75 Å². The minimum Gasteiger partial charge on any atom is -0.497 e. The number of benzene rings is 1. The smallest absolute Gasteiger partial charge is 0.241 e. The van der Waals surface area contributed by atoms with Gasteiger partial charge in [-0.25, -0.2) is 0 Å². The van der Waals surface area contributed by atoms with Crippen LogP contribution in [0.2, 0.25) is 0 Å². The van der Waals surface area contributed by atoms with Gasteiger partial charge in [0.1, 0.15) is 12.3 Å². The van der Waals surface area contributed by atoms with Gasteiger partial charge in [0.2, 0.25) is 17.7 Å². The lowest BCUT2D eigenvalue weighted by Crippen LogP contribution is -2.35. The molecule has 1 aliphatic rings. The van der Waals surface area contributed by atoms with E-state index in [4.69, 9.17) is 4.74 Å². The van der Waals surface area contributed by atoms with Gasteiger partial charge in [-0.15, -0.1) is 0 Å². The molecule has 1 aliphatic carbocycles. The summed E-state index contributed by atoms with van der Waals surface area (Å²) in [7, 11) is 1.58. The lowest BCUT2D eigenvalue weighted by Gasteiger charge is -2.18. The monoisotopic (exact) mass is 427 g/mol. The Bertz CT molecular complexity index is 903. The van der Waals surface area contributed by atoms with Gasteiger partial charge in [0.05, 0.1) is 31.5 Å². The van der Waals surface area contributed by atoms with Crippen molar-refractivity contribution in [1.82, 2.24) is 20.4 Å². The maximum Gasteiger partial charge on any atom is 0.241 e. The molecule has 1 heterocycles. The molecule has 1 aromatic heterocycles. The number of carbonyl (C=O) groups excluding carboxylic acids is 3. The highest BCUT2D eigenvalue weighted by Crippen LogP contribution is 2.21. The zero-order valence-corrected chi connectivity index (χ0v) is 17.9. The largest absolute Gasteiger partial charge is 0.497 e. The lowest BCUT2D eigenvalue weighted by atomic mass is 10.0. The molecular formula is C22H29N5O4. The highest BCUT2D eigenvalue weighted by Gasteiger charge is 2.19. The normalized spacial score (nSPS) is 14.6. The fourth-order valence-electron chi connectivity index (χ4n) is 3.74. The number of methoxy groups -OCH3 is 1. The average Bonchev–Trinajstić information content (AvgIpc) is 3.39. The summed E-state index contributed by atoms with van der Waals surface area (Å²) in [4.78, 5) is 36.3. The van der Waals surface area contributed by atoms with Gasteiger partial charge < -0.3 is 20.7 Å². The summed E-state index contributed by atoms with van der Waals surface area (Å²) in [6, 6.07) is 6.97. The van der Waals surface area contributed by atoms with Crippen molar-refractivity contribution in [2.45, 2.75) is 57.7 Å². The number of hydrogen-bond donors (Lipinski definition) is 3. The first-order chi connectivity index (χ1) is 14.9. The van der Waals surface area contributed by atoms with Crippen LogP contribution in [0.15, 0.2) is 36.7 Å². The van der Waals surface area contributed by atoms with Gasteiger partial charge in [-0.3, -0.25) is 19.1 Å². The molecule has 0 radical (unpaired) electrons. The third-order valence-electron chi connectivity index (χ3n) is 5.23. The number of carbonyl (C=O) groups is 3. The number of hydrogen-bond acceptors (Lipinski definition) is 5. The number of ether oxygens (including phenoxy) is 1. The van der Waals surface area contributed by atoms with Crippen LogP contribution in [0.1, 0.15) is 50.6 Å². The van der Waals surface area contributed by atoms with Gasteiger partial charge in [-0.05, 0) is 30.5 Å². The Morgan fingerprint density at radius 3 is 2.52 bits per heavy atom. The van der Waals surface area contributed by atoms with Crippen LogP contribution in [0.4, 0.5) is 5.69 Å². The number of anilines is 1. The third kappa shape index (κ3) is 6.84. The minimum absolute atomic E-state index is 0.0548. The molecular weight excluding hydrogens is 398 g/mol. The Morgan fingerprint density at radius 2 is 1.87 bits per heavy atom. The summed E-state index contributed by atoms with van der Waals surface area (Å²) in [5.41, 5.74) is 1.29. The predicted octanol–water partition coefficient (Wildman–Crippen LogP) is 2.16. The van der Waals surface area contributed by atoms with Gasteiger partial charge in [-0.1, -0.05) is 25.0 Å². The Balaban J connectivity index is 1.55. The highest BCUT2D eigenvalue weighted by molar-refractivity contribution is 5.91. The topological polar surface area (TPSA) is 114 Å². The van der Waals surface area contributed by atoms with E-state index >= 15 is 0 Å². The van der Waals surface area contributed by atoms with Gasteiger partial charge >= 0.3 is 0 Å². The van der Waals surface area contributed by atoms with Crippen LogP contribution in [0.3, 0.4) is 0 Å². The van der Waals surface area contributed by atoms with Gasteiger partial charge in [0.25, 0.3) is 0 Å². The van der Waals surface area contributed by atoms with Crippen LogP contribution in [0, 0.1) is 0 Å². The van der Waals surface area contributed by atoms with Crippen molar-refractivity contribution in [3.63, 3.8) is 0 Å². The van der Waals surface area contributed by atoms with Crippen LogP contribution in [0.25, 0.3) is 0 Å². The van der Waals surface area contributed by atoms with Crippen molar-refractivity contribution in [2.75, 3.05) is 12.4 Å². The van der Waals surface area contributed by atoms with E-state index in [0.717, 1.165) is 31.2 Å². The van der Waals surface area contributed by atoms with E-state index in [1.54, 1.807) is 25.4 Å². The summed E-state index contributed by atoms with van der Waals surface area (Å²) in [6.45, 7) is 1.52. The molecule has 0 spiro atoms. The molecule has 166 valence electrons. The van der Waals surface area contributed by atoms with Gasteiger partial charge in [0.15, 0.2) is 0 Å². The van der Waals surface area contributed by atoms with Crippen molar-refractivity contribution in [3.05, 3.63) is 42.2 Å². The fraction of sp³-hybridized carbons (Fsp3) is 0.455. The van der Waals surface area contributed by atoms with Crippen molar-refractivity contribution >= 4 is 23.4 Å². The maximum atomic E-state index is 12.6. The van der Waals surface area contributed by atoms with E-state index in [1.165, 1.54) is 17.8 Å². The zero-order valence-electron chi connectivity index (χ0n) is 17.9. The van der Waals surface area contributed by atoms with Crippen LogP contribution < -0.4 is 20.7 Å². The molecule has 0 saturated heterocycles. The number of rotatable bonds is 9. The van der Waals surface area contributed by atoms with E-state index in [-0.39, 0.29) is 36.7 Å². The first-order valence-electron chi connectivity index (χ1n) is 10.5. The fourth-order valence-corrected chi connectivity index (χ4v) is 3.74. The lowest BCUT2D eigenvalue weighted by molar-refractivity contribution is -0.123. The second kappa shape index (κ2) is 10.6. The van der Waals surface area contributed by atoms with Crippen LogP contribution in [0.5, 0.6) is 5.75 Å². The van der Waals surface area contributed by atoms with Crippen LogP contribution in [-0.2, 0) is 20.9 Å². The van der Waals surface area contributed by atoms with Crippen LogP contribution in [-0.4, -0.2) is 40.7 Å². The molecule has 0 aliphatic heterocycles. The Hall–Kier alpha value is -3.36. The molecule has 2 aromatic rings. The van der Waals surface area contributed by atoms with E-state index in [0.29, 0.717) is 11.4 Å². The zero-order chi connectivity index (χ0) is 22.2. The molecule has 1 fully saturated rings. The van der Waals surface area contributed by atoms with Crippen molar-refractivity contribution in [2.24, 2.45) is 0 Å². The molecule has 3 amide bonds. The Kier molecular flexibility index (Phi) is 7.64. The van der Waals surface area contributed by atoms with Crippen molar-refractivity contribution < 1.29 is 19.1 Å². The average molecular weight is 428 g/mol. The minimum atomic E-state index is -0.476. The van der Waals surface area contributed by atoms with E-state index in [2.05, 4.69) is 21.0 Å². The van der Waals surface area contributed by atoms with Gasteiger partial charge in [0, 0.05) is 19.2 Å². The molecule has 1 unspecified atom stereocenters. The molecule has 3 N–H and O–H groups in total. The van der Waals surface area contributed by atoms with E-state index in [9.17, 15) is 14.4 Å². The number of amides is 3. The Labute approximate surface area is 181 Å². The number of aromatic nitrogens is 2. The second-order valence-corrected chi connectivity index (χ2v) is 7.75. The first kappa shape index (κ1) is 22.3. The molecule has 9 heteroatoms. The molecule has 31 heavy (non-hydrogen) atoms. The van der Waals surface area contributed by atoms with E-state index in [1.807, 2.05) is 12.1 Å². The quantitative estimate of drug-likeness (QED) is 0.567. The predicted molar refractivity (Wildman–Crippen MR) is 115 cm³/mol. The van der Waals surface area contributed by atoms with E-state index < -0.39 is 6.04 Å². The van der Waals surface area contributed by atoms with Crippen LogP contribution >= 0.6 is 0 Å². The number of nitrogens with zero attached hydrogens (tertiary/aromatic N) is 2. The summed E-state index contributed by atoms with van der Waals surface area (Å²) >= 11 is 0. The Morgan fingerprint density at radius 1 is 1.16 bits per heavy atom. The standard InChI is InChI=1S/C22H29N5O4/c1-15(28)24-20(16-7-9-19(31-2)10-8-16)11-21(29)26-18-12-23-27(13-18)14-22(30)25-17-5-3-4-6-17/h7-10,12-13,17,20H,3-6,11,14H2,1-2H3,(H,24,28)(H,25,30)(H,26,29). The third-order valence-corrected chi connectivity index (χ3v) is 5.23.